The van der Waals surface area contributed by atoms with Gasteiger partial charge >= 0.3 is 0 Å². The lowest BCUT2D eigenvalue weighted by molar-refractivity contribution is 0.102. The van der Waals surface area contributed by atoms with E-state index in [2.05, 4.69) is 10.3 Å². The molecular formula is C16H12N2O4S. The normalized spacial score (nSPS) is 12.4. The summed E-state index contributed by atoms with van der Waals surface area (Å²) >= 11 is 1.34. The topological polar surface area (TPSA) is 73.6 Å². The number of benzene rings is 1. The van der Waals surface area contributed by atoms with E-state index in [-0.39, 0.29) is 12.7 Å². The van der Waals surface area contributed by atoms with Crippen LogP contribution in [0, 0.1) is 6.92 Å². The molecule has 0 unspecified atom stereocenters. The van der Waals surface area contributed by atoms with E-state index in [9.17, 15) is 4.79 Å². The van der Waals surface area contributed by atoms with E-state index < -0.39 is 0 Å². The molecule has 0 atom stereocenters. The number of aryl methyl sites for hydroxylation is 1. The maximum atomic E-state index is 12.3. The number of hydrogen-bond acceptors (Lipinski definition) is 6. The van der Waals surface area contributed by atoms with Crippen LogP contribution < -0.4 is 14.8 Å². The molecule has 0 spiro atoms. The summed E-state index contributed by atoms with van der Waals surface area (Å²) in [7, 11) is 0. The quantitative estimate of drug-likeness (QED) is 0.793. The van der Waals surface area contributed by atoms with Crippen LogP contribution in [0.3, 0.4) is 0 Å². The number of ether oxygens (including phenoxy) is 2. The monoisotopic (exact) mass is 328 g/mol. The lowest BCUT2D eigenvalue weighted by Crippen LogP contribution is -2.11. The minimum absolute atomic E-state index is 0.179. The van der Waals surface area contributed by atoms with Crippen molar-refractivity contribution in [2.24, 2.45) is 0 Å². The van der Waals surface area contributed by atoms with Crippen molar-refractivity contribution < 1.29 is 18.7 Å². The van der Waals surface area contributed by atoms with Gasteiger partial charge in [0, 0.05) is 10.9 Å². The van der Waals surface area contributed by atoms with E-state index in [0.717, 1.165) is 5.76 Å². The second kappa shape index (κ2) is 5.44. The minimum Gasteiger partial charge on any atom is -0.460 e. The first-order chi connectivity index (χ1) is 11.2. The Morgan fingerprint density at radius 2 is 2.09 bits per heavy atom. The SMILES string of the molecule is Cc1ccc(-c2csc(NC(=O)c3ccc4c(c3)OCO4)n2)o1. The third kappa shape index (κ3) is 2.66. The second-order valence-corrected chi connectivity index (χ2v) is 5.83. The highest BCUT2D eigenvalue weighted by molar-refractivity contribution is 7.14. The molecule has 0 radical (unpaired) electrons. The molecule has 0 aliphatic carbocycles. The first kappa shape index (κ1) is 13.8. The molecule has 116 valence electrons. The number of fused-ring (bicyclic) bond motifs is 1. The smallest absolute Gasteiger partial charge is 0.257 e. The molecule has 0 fully saturated rings. The number of carbonyl (C=O) groups is 1. The summed E-state index contributed by atoms with van der Waals surface area (Å²) in [4.78, 5) is 16.7. The Labute approximate surface area is 135 Å². The van der Waals surface area contributed by atoms with Crippen molar-refractivity contribution in [2.75, 3.05) is 12.1 Å². The van der Waals surface area contributed by atoms with Crippen LogP contribution in [0.5, 0.6) is 11.5 Å². The zero-order chi connectivity index (χ0) is 15.8. The fourth-order valence-corrected chi connectivity index (χ4v) is 2.92. The van der Waals surface area contributed by atoms with Gasteiger partial charge in [0.25, 0.3) is 5.91 Å². The van der Waals surface area contributed by atoms with Crippen LogP contribution in [0.4, 0.5) is 5.13 Å². The first-order valence-electron chi connectivity index (χ1n) is 6.92. The Morgan fingerprint density at radius 1 is 1.22 bits per heavy atom. The Bertz CT molecular complexity index is 884. The van der Waals surface area contributed by atoms with Crippen molar-refractivity contribution in [1.82, 2.24) is 4.98 Å². The van der Waals surface area contributed by atoms with Crippen molar-refractivity contribution in [2.45, 2.75) is 6.92 Å². The van der Waals surface area contributed by atoms with Gasteiger partial charge in [0.15, 0.2) is 22.4 Å². The van der Waals surface area contributed by atoms with Crippen LogP contribution in [0.25, 0.3) is 11.5 Å². The fraction of sp³-hybridized carbons (Fsp3) is 0.125. The van der Waals surface area contributed by atoms with Gasteiger partial charge in [-0.05, 0) is 37.3 Å². The molecule has 1 aliphatic rings. The highest BCUT2D eigenvalue weighted by atomic mass is 32.1. The summed E-state index contributed by atoms with van der Waals surface area (Å²) in [6.45, 7) is 2.05. The van der Waals surface area contributed by atoms with Gasteiger partial charge in [0.05, 0.1) is 0 Å². The number of nitrogens with zero attached hydrogens (tertiary/aromatic N) is 1. The molecule has 1 amide bonds. The number of carbonyl (C=O) groups excluding carboxylic acids is 1. The van der Waals surface area contributed by atoms with Crippen molar-refractivity contribution in [3.8, 4) is 23.0 Å². The third-order valence-electron chi connectivity index (χ3n) is 3.35. The molecular weight excluding hydrogens is 316 g/mol. The Kier molecular flexibility index (Phi) is 3.27. The summed E-state index contributed by atoms with van der Waals surface area (Å²) in [6.07, 6.45) is 0. The maximum Gasteiger partial charge on any atom is 0.257 e. The van der Waals surface area contributed by atoms with Gasteiger partial charge in [-0.3, -0.25) is 10.1 Å². The number of nitrogens with one attached hydrogen (secondary N) is 1. The second-order valence-electron chi connectivity index (χ2n) is 4.97. The van der Waals surface area contributed by atoms with Gasteiger partial charge in [0.2, 0.25) is 6.79 Å². The summed E-state index contributed by atoms with van der Waals surface area (Å²) < 4.78 is 16.0. The number of hydrogen-bond donors (Lipinski definition) is 1. The van der Waals surface area contributed by atoms with Crippen molar-refractivity contribution in [3.63, 3.8) is 0 Å². The Morgan fingerprint density at radius 3 is 2.91 bits per heavy atom. The van der Waals surface area contributed by atoms with Crippen molar-refractivity contribution in [1.29, 1.82) is 0 Å². The molecule has 7 heteroatoms. The van der Waals surface area contributed by atoms with E-state index in [1.807, 2.05) is 24.4 Å². The average Bonchev–Trinajstić information content (AvgIpc) is 3.26. The van der Waals surface area contributed by atoms with Gasteiger partial charge in [-0.15, -0.1) is 11.3 Å². The molecule has 0 saturated heterocycles. The lowest BCUT2D eigenvalue weighted by Gasteiger charge is -2.03. The number of rotatable bonds is 3. The van der Waals surface area contributed by atoms with E-state index in [1.54, 1.807) is 18.2 Å². The van der Waals surface area contributed by atoms with Crippen molar-refractivity contribution >= 4 is 22.4 Å². The molecule has 3 aromatic rings. The molecule has 1 N–H and O–H groups in total. The van der Waals surface area contributed by atoms with Crippen LogP contribution in [0.15, 0.2) is 40.1 Å². The van der Waals surface area contributed by atoms with Crippen molar-refractivity contribution in [3.05, 3.63) is 47.0 Å². The van der Waals surface area contributed by atoms with Crippen LogP contribution in [-0.2, 0) is 0 Å². The molecule has 2 aromatic heterocycles. The largest absolute Gasteiger partial charge is 0.460 e. The number of furan rings is 1. The number of amides is 1. The van der Waals surface area contributed by atoms with Gasteiger partial charge in [0.1, 0.15) is 11.5 Å². The van der Waals surface area contributed by atoms with Crippen LogP contribution in [0.1, 0.15) is 16.1 Å². The Hall–Kier alpha value is -2.80. The molecule has 0 bridgehead atoms. The summed E-state index contributed by atoms with van der Waals surface area (Å²) in [5.41, 5.74) is 1.18. The van der Waals surface area contributed by atoms with Gasteiger partial charge in [-0.2, -0.15) is 0 Å². The summed E-state index contributed by atoms with van der Waals surface area (Å²) in [6, 6.07) is 8.79. The van der Waals surface area contributed by atoms with E-state index in [0.29, 0.717) is 33.6 Å². The highest BCUT2D eigenvalue weighted by Crippen LogP contribution is 2.33. The molecule has 4 rings (SSSR count). The zero-order valence-corrected chi connectivity index (χ0v) is 13.0. The number of anilines is 1. The van der Waals surface area contributed by atoms with Crippen LogP contribution >= 0.6 is 11.3 Å². The maximum absolute atomic E-state index is 12.3. The molecule has 1 aromatic carbocycles. The fourth-order valence-electron chi connectivity index (χ4n) is 2.22. The van der Waals surface area contributed by atoms with Gasteiger partial charge in [-0.1, -0.05) is 0 Å². The molecule has 3 heterocycles. The third-order valence-corrected chi connectivity index (χ3v) is 4.11. The van der Waals surface area contributed by atoms with Crippen LogP contribution in [-0.4, -0.2) is 17.7 Å². The predicted octanol–water partition coefficient (Wildman–Crippen LogP) is 3.69. The number of thiazole rings is 1. The lowest BCUT2D eigenvalue weighted by atomic mass is 10.2. The average molecular weight is 328 g/mol. The standard InChI is InChI=1S/C16H12N2O4S/c1-9-2-4-12(22-9)11-7-23-16(17-11)18-15(19)10-3-5-13-14(6-10)21-8-20-13/h2-7H,8H2,1H3,(H,17,18,19). The van der Waals surface area contributed by atoms with Crippen LogP contribution in [0.2, 0.25) is 0 Å². The minimum atomic E-state index is -0.250. The van der Waals surface area contributed by atoms with E-state index in [1.165, 1.54) is 11.3 Å². The van der Waals surface area contributed by atoms with E-state index >= 15 is 0 Å². The summed E-state index contributed by atoms with van der Waals surface area (Å²) in [5, 5.41) is 5.13. The predicted molar refractivity (Wildman–Crippen MR) is 85.1 cm³/mol. The number of aromatic nitrogens is 1. The zero-order valence-electron chi connectivity index (χ0n) is 12.2. The molecule has 6 nitrogen and oxygen atoms in total. The van der Waals surface area contributed by atoms with Gasteiger partial charge in [-0.25, -0.2) is 4.98 Å². The molecule has 23 heavy (non-hydrogen) atoms. The Balaban J connectivity index is 1.52. The highest BCUT2D eigenvalue weighted by Gasteiger charge is 2.17. The van der Waals surface area contributed by atoms with E-state index in [4.69, 9.17) is 13.9 Å². The molecule has 0 saturated carbocycles. The van der Waals surface area contributed by atoms with Gasteiger partial charge < -0.3 is 13.9 Å². The first-order valence-corrected chi connectivity index (χ1v) is 7.80. The molecule has 1 aliphatic heterocycles. The summed E-state index contributed by atoms with van der Waals surface area (Å²) in [5.74, 6) is 2.47.